The second-order valence-corrected chi connectivity index (χ2v) is 3.76. The van der Waals surface area contributed by atoms with Gasteiger partial charge >= 0.3 is 18.1 Å². The smallest absolute Gasteiger partial charge is 0.464 e. The fourth-order valence-electron chi connectivity index (χ4n) is 1.82. The first-order valence-corrected chi connectivity index (χ1v) is 5.42. The lowest BCUT2D eigenvalue weighted by Crippen LogP contribution is -2.53. The fraction of sp³-hybridized carbons (Fsp3) is 0.800. The van der Waals surface area contributed by atoms with Crippen molar-refractivity contribution in [2.24, 2.45) is 0 Å². The van der Waals surface area contributed by atoms with E-state index >= 15 is 0 Å². The van der Waals surface area contributed by atoms with Crippen molar-refractivity contribution in [1.29, 1.82) is 0 Å². The van der Waals surface area contributed by atoms with Crippen LogP contribution >= 0.6 is 0 Å². The number of halogens is 3. The van der Waals surface area contributed by atoms with E-state index in [0.717, 1.165) is 0 Å². The molecule has 1 atom stereocenters. The van der Waals surface area contributed by atoms with Crippen LogP contribution in [0.2, 0.25) is 0 Å². The lowest BCUT2D eigenvalue weighted by Gasteiger charge is -2.34. The summed E-state index contributed by atoms with van der Waals surface area (Å²) in [4.78, 5) is 23.2. The number of piperidine rings is 1. The zero-order valence-corrected chi connectivity index (χ0v) is 9.42. The van der Waals surface area contributed by atoms with Crippen molar-refractivity contribution >= 4 is 11.9 Å². The van der Waals surface area contributed by atoms with Crippen molar-refractivity contribution < 1.29 is 27.5 Å². The maximum Gasteiger partial charge on any atom is 0.471 e. The minimum atomic E-state index is -4.94. The molecule has 1 amide bonds. The van der Waals surface area contributed by atoms with Gasteiger partial charge in [-0.25, -0.2) is 4.79 Å². The monoisotopic (exact) mass is 253 g/mol. The molecule has 0 aromatic rings. The van der Waals surface area contributed by atoms with Crippen LogP contribution in [0.3, 0.4) is 0 Å². The van der Waals surface area contributed by atoms with E-state index in [-0.39, 0.29) is 19.6 Å². The third-order valence-electron chi connectivity index (χ3n) is 2.56. The summed E-state index contributed by atoms with van der Waals surface area (Å²) in [5.74, 6) is -2.72. The van der Waals surface area contributed by atoms with Crippen LogP contribution in [0.25, 0.3) is 0 Å². The van der Waals surface area contributed by atoms with E-state index in [0.29, 0.717) is 17.7 Å². The van der Waals surface area contributed by atoms with Gasteiger partial charge in [-0.15, -0.1) is 0 Å². The van der Waals surface area contributed by atoms with Gasteiger partial charge < -0.3 is 9.64 Å². The molecule has 1 aliphatic rings. The summed E-state index contributed by atoms with van der Waals surface area (Å²) in [7, 11) is 0. The van der Waals surface area contributed by atoms with Gasteiger partial charge in [-0.2, -0.15) is 13.2 Å². The zero-order chi connectivity index (χ0) is 13.1. The van der Waals surface area contributed by atoms with Crippen molar-refractivity contribution in [3.05, 3.63) is 0 Å². The first-order valence-electron chi connectivity index (χ1n) is 5.42. The Labute approximate surface area is 96.7 Å². The molecule has 0 aromatic heterocycles. The van der Waals surface area contributed by atoms with E-state index in [4.69, 9.17) is 0 Å². The number of likely N-dealkylation sites (tertiary alicyclic amines) is 1. The largest absolute Gasteiger partial charge is 0.471 e. The molecular formula is C10H14F3NO3. The van der Waals surface area contributed by atoms with E-state index < -0.39 is 24.1 Å². The molecule has 0 bridgehead atoms. The van der Waals surface area contributed by atoms with Crippen LogP contribution in [-0.2, 0) is 14.3 Å². The Hall–Kier alpha value is -1.27. The summed E-state index contributed by atoms with van der Waals surface area (Å²) in [6, 6.07) is -1.10. The first kappa shape index (κ1) is 13.8. The number of hydrogen-bond donors (Lipinski definition) is 0. The van der Waals surface area contributed by atoms with Crippen molar-refractivity contribution in [3.8, 4) is 0 Å². The van der Waals surface area contributed by atoms with Gasteiger partial charge in [-0.3, -0.25) is 4.79 Å². The number of nitrogens with zero attached hydrogens (tertiary/aromatic N) is 1. The molecule has 4 nitrogen and oxygen atoms in total. The predicted octanol–water partition coefficient (Wildman–Crippen LogP) is 1.49. The Kier molecular flexibility index (Phi) is 4.36. The highest BCUT2D eigenvalue weighted by Crippen LogP contribution is 2.25. The lowest BCUT2D eigenvalue weighted by molar-refractivity contribution is -0.191. The highest BCUT2D eigenvalue weighted by Gasteiger charge is 2.47. The van der Waals surface area contributed by atoms with Gasteiger partial charge in [0.2, 0.25) is 0 Å². The van der Waals surface area contributed by atoms with E-state index in [2.05, 4.69) is 4.74 Å². The van der Waals surface area contributed by atoms with Gasteiger partial charge in [0.1, 0.15) is 6.04 Å². The number of ether oxygens (including phenoxy) is 1. The summed E-state index contributed by atoms with van der Waals surface area (Å²) in [5.41, 5.74) is 0. The second kappa shape index (κ2) is 5.37. The molecule has 1 saturated heterocycles. The quantitative estimate of drug-likeness (QED) is 0.700. The fourth-order valence-corrected chi connectivity index (χ4v) is 1.82. The molecule has 0 spiro atoms. The Morgan fingerprint density at radius 2 is 2.00 bits per heavy atom. The molecule has 0 aliphatic carbocycles. The molecule has 0 N–H and O–H groups in total. The minimum absolute atomic E-state index is 0.0537. The van der Waals surface area contributed by atoms with Gasteiger partial charge in [0.15, 0.2) is 0 Å². The molecule has 0 radical (unpaired) electrons. The normalized spacial score (nSPS) is 21.2. The van der Waals surface area contributed by atoms with E-state index in [9.17, 15) is 22.8 Å². The van der Waals surface area contributed by atoms with Crippen molar-refractivity contribution in [2.75, 3.05) is 13.2 Å². The number of rotatable bonds is 2. The van der Waals surface area contributed by atoms with Gasteiger partial charge in [0.25, 0.3) is 0 Å². The molecule has 1 heterocycles. The maximum atomic E-state index is 12.3. The zero-order valence-electron chi connectivity index (χ0n) is 9.42. The number of carbonyl (C=O) groups excluding carboxylic acids is 2. The molecular weight excluding hydrogens is 239 g/mol. The van der Waals surface area contributed by atoms with Gasteiger partial charge in [-0.05, 0) is 26.2 Å². The van der Waals surface area contributed by atoms with Crippen LogP contribution in [0.1, 0.15) is 26.2 Å². The van der Waals surface area contributed by atoms with Crippen LogP contribution in [0.4, 0.5) is 13.2 Å². The summed E-state index contributed by atoms with van der Waals surface area (Å²) >= 11 is 0. The molecule has 98 valence electrons. The van der Waals surface area contributed by atoms with Crippen LogP contribution in [0.15, 0.2) is 0 Å². The average Bonchev–Trinajstić information content (AvgIpc) is 2.27. The number of esters is 1. The number of carbonyl (C=O) groups is 2. The van der Waals surface area contributed by atoms with E-state index in [1.165, 1.54) is 0 Å². The van der Waals surface area contributed by atoms with Gasteiger partial charge in [0, 0.05) is 6.54 Å². The number of alkyl halides is 3. The van der Waals surface area contributed by atoms with E-state index in [1.54, 1.807) is 6.92 Å². The Balaban J connectivity index is 2.79. The number of hydrogen-bond acceptors (Lipinski definition) is 3. The number of amides is 1. The summed E-state index contributed by atoms with van der Waals surface area (Å²) in [6.07, 6.45) is -3.63. The summed E-state index contributed by atoms with van der Waals surface area (Å²) in [6.45, 7) is 1.60. The molecule has 1 fully saturated rings. The van der Waals surface area contributed by atoms with Gasteiger partial charge in [-0.1, -0.05) is 0 Å². The van der Waals surface area contributed by atoms with Crippen LogP contribution in [0, 0.1) is 0 Å². The third-order valence-corrected chi connectivity index (χ3v) is 2.56. The lowest BCUT2D eigenvalue weighted by atomic mass is 10.0. The minimum Gasteiger partial charge on any atom is -0.464 e. The molecule has 0 aromatic carbocycles. The Bertz CT molecular complexity index is 304. The van der Waals surface area contributed by atoms with Crippen LogP contribution in [0.5, 0.6) is 0 Å². The van der Waals surface area contributed by atoms with Crippen molar-refractivity contribution in [2.45, 2.75) is 38.4 Å². The summed E-state index contributed by atoms with van der Waals surface area (Å²) in [5, 5.41) is 0. The summed E-state index contributed by atoms with van der Waals surface area (Å²) < 4.78 is 41.6. The molecule has 7 heteroatoms. The molecule has 0 saturated carbocycles. The highest BCUT2D eigenvalue weighted by molar-refractivity contribution is 5.87. The highest BCUT2D eigenvalue weighted by atomic mass is 19.4. The van der Waals surface area contributed by atoms with Gasteiger partial charge in [0.05, 0.1) is 6.61 Å². The van der Waals surface area contributed by atoms with Crippen molar-refractivity contribution in [1.82, 2.24) is 4.90 Å². The molecule has 17 heavy (non-hydrogen) atoms. The standard InChI is InChI=1S/C10H14F3NO3/c1-2-17-8(15)7-5-3-4-6-14(7)9(16)10(11,12)13/h7H,2-6H2,1H3. The van der Waals surface area contributed by atoms with Crippen LogP contribution < -0.4 is 0 Å². The second-order valence-electron chi connectivity index (χ2n) is 3.76. The first-order chi connectivity index (χ1) is 7.88. The van der Waals surface area contributed by atoms with E-state index in [1.807, 2.05) is 0 Å². The van der Waals surface area contributed by atoms with Crippen molar-refractivity contribution in [3.63, 3.8) is 0 Å². The predicted molar refractivity (Wildman–Crippen MR) is 52.0 cm³/mol. The topological polar surface area (TPSA) is 46.6 Å². The Morgan fingerprint density at radius 1 is 1.35 bits per heavy atom. The third kappa shape index (κ3) is 3.34. The molecule has 1 rings (SSSR count). The molecule has 1 aliphatic heterocycles. The molecule has 1 unspecified atom stereocenters. The average molecular weight is 253 g/mol. The van der Waals surface area contributed by atoms with Crippen LogP contribution in [-0.4, -0.2) is 42.1 Å². The maximum absolute atomic E-state index is 12.3. The Morgan fingerprint density at radius 3 is 2.53 bits per heavy atom. The SMILES string of the molecule is CCOC(=O)C1CCCCN1C(=O)C(F)(F)F.